The minimum absolute atomic E-state index is 0.115. The van der Waals surface area contributed by atoms with Gasteiger partial charge in [0.2, 0.25) is 0 Å². The van der Waals surface area contributed by atoms with E-state index in [1.165, 1.54) is 6.20 Å². The summed E-state index contributed by atoms with van der Waals surface area (Å²) >= 11 is 0.475. The Morgan fingerprint density at radius 3 is 2.56 bits per heavy atom. The fourth-order valence-corrected chi connectivity index (χ4v) is 3.19. The first-order chi connectivity index (χ1) is 12.9. The van der Waals surface area contributed by atoms with Gasteiger partial charge in [0.25, 0.3) is 5.91 Å². The van der Waals surface area contributed by atoms with E-state index in [1.54, 1.807) is 42.5 Å². The summed E-state index contributed by atoms with van der Waals surface area (Å²) in [6.07, 6.45) is 1.41. The highest BCUT2D eigenvalue weighted by molar-refractivity contribution is 8.00. The molecule has 27 heavy (non-hydrogen) atoms. The summed E-state index contributed by atoms with van der Waals surface area (Å²) in [6, 6.07) is 15.6. The molecule has 0 spiro atoms. The first-order valence-electron chi connectivity index (χ1n) is 8.27. The molecule has 0 atom stereocenters. The van der Waals surface area contributed by atoms with Crippen LogP contribution in [-0.2, 0) is 13.1 Å². The average molecular weight is 388 g/mol. The maximum Gasteiger partial charge on any atom is 0.317 e. The van der Waals surface area contributed by atoms with Gasteiger partial charge in [-0.1, -0.05) is 52.9 Å². The Morgan fingerprint density at radius 1 is 1.15 bits per heavy atom. The zero-order valence-corrected chi connectivity index (χ0v) is 15.4. The number of thioether (sulfide) groups is 1. The fourth-order valence-electron chi connectivity index (χ4n) is 2.36. The molecule has 0 unspecified atom stereocenters. The molecule has 0 radical (unpaired) electrons. The van der Waals surface area contributed by atoms with Crippen molar-refractivity contribution in [2.75, 3.05) is 0 Å². The molecular formula is C19H18F2N4OS. The number of carbonyl (C=O) groups is 1. The molecule has 3 aromatic rings. The zero-order chi connectivity index (χ0) is 19.3. The number of nitrogens with zero attached hydrogens (tertiary/aromatic N) is 3. The molecule has 1 amide bonds. The van der Waals surface area contributed by atoms with Crippen LogP contribution < -0.4 is 5.32 Å². The van der Waals surface area contributed by atoms with Gasteiger partial charge in [-0.2, -0.15) is 8.78 Å². The molecule has 0 aliphatic rings. The van der Waals surface area contributed by atoms with Gasteiger partial charge in [-0.15, -0.1) is 5.10 Å². The largest absolute Gasteiger partial charge is 0.346 e. The number of hydrogen-bond donors (Lipinski definition) is 1. The van der Waals surface area contributed by atoms with Gasteiger partial charge in [-0.05, 0) is 31.2 Å². The number of carbonyl (C=O) groups excluding carboxylic acids is 1. The summed E-state index contributed by atoms with van der Waals surface area (Å²) in [4.78, 5) is 12.6. The molecule has 8 heteroatoms. The number of aromatic nitrogens is 3. The molecule has 5 nitrogen and oxygen atoms in total. The van der Waals surface area contributed by atoms with Crippen molar-refractivity contribution in [3.05, 3.63) is 77.6 Å². The summed E-state index contributed by atoms with van der Waals surface area (Å²) in [5.41, 5.74) is 2.00. The van der Waals surface area contributed by atoms with E-state index in [-0.39, 0.29) is 12.5 Å². The van der Waals surface area contributed by atoms with Crippen LogP contribution in [0.4, 0.5) is 8.78 Å². The Balaban J connectivity index is 1.55. The molecule has 0 saturated carbocycles. The van der Waals surface area contributed by atoms with Gasteiger partial charge in [0.15, 0.2) is 0 Å². The fraction of sp³-hybridized carbons (Fsp3) is 0.211. The third-order valence-electron chi connectivity index (χ3n) is 3.69. The lowest BCUT2D eigenvalue weighted by Crippen LogP contribution is -2.23. The summed E-state index contributed by atoms with van der Waals surface area (Å²) in [6.45, 7) is 1.45. The van der Waals surface area contributed by atoms with Crippen LogP contribution in [0.15, 0.2) is 65.7 Å². The Kier molecular flexibility index (Phi) is 5.85. The summed E-state index contributed by atoms with van der Waals surface area (Å²) in [7, 11) is 0. The molecule has 1 N–H and O–H groups in total. The number of hydrogen-bond acceptors (Lipinski definition) is 4. The lowest BCUT2D eigenvalue weighted by molar-refractivity contribution is 0.0801. The molecule has 0 saturated heterocycles. The highest BCUT2D eigenvalue weighted by Crippen LogP contribution is 2.36. The van der Waals surface area contributed by atoms with Gasteiger partial charge in [0.05, 0.1) is 12.7 Å². The van der Waals surface area contributed by atoms with Crippen molar-refractivity contribution in [2.45, 2.75) is 30.2 Å². The molecule has 2 aromatic carbocycles. The van der Waals surface area contributed by atoms with Gasteiger partial charge in [0, 0.05) is 10.5 Å². The van der Waals surface area contributed by atoms with Crippen molar-refractivity contribution < 1.29 is 13.6 Å². The predicted molar refractivity (Wildman–Crippen MR) is 99.6 cm³/mol. The monoisotopic (exact) mass is 388 g/mol. The van der Waals surface area contributed by atoms with Crippen LogP contribution in [0.1, 0.15) is 21.6 Å². The third kappa shape index (κ3) is 5.62. The molecule has 140 valence electrons. The molecule has 0 aliphatic heterocycles. The average Bonchev–Trinajstić information content (AvgIpc) is 3.07. The minimum atomic E-state index is -3.03. The van der Waals surface area contributed by atoms with Crippen LogP contribution in [0, 0.1) is 6.92 Å². The summed E-state index contributed by atoms with van der Waals surface area (Å²) in [5, 5.41) is 7.24. The van der Waals surface area contributed by atoms with E-state index in [0.29, 0.717) is 27.9 Å². The van der Waals surface area contributed by atoms with Crippen molar-refractivity contribution in [2.24, 2.45) is 0 Å². The van der Waals surface area contributed by atoms with Crippen LogP contribution in [0.5, 0.6) is 0 Å². The molecule has 1 aromatic heterocycles. The van der Waals surface area contributed by atoms with E-state index in [2.05, 4.69) is 15.6 Å². The second-order valence-corrected chi connectivity index (χ2v) is 7.28. The standard InChI is InChI=1S/C19H18F2N4OS/c1-14-7-9-15(10-8-14)18(26)22-11-16-12-25(24-23-16)13-19(20,21)27-17-5-3-2-4-6-17/h2-10,12H,11,13H2,1H3,(H,22,26). The first-order valence-corrected chi connectivity index (χ1v) is 9.09. The predicted octanol–water partition coefficient (Wildman–Crippen LogP) is 3.90. The summed E-state index contributed by atoms with van der Waals surface area (Å²) < 4.78 is 29.4. The van der Waals surface area contributed by atoms with Gasteiger partial charge < -0.3 is 5.32 Å². The number of nitrogens with one attached hydrogen (secondary N) is 1. The van der Waals surface area contributed by atoms with Crippen molar-refractivity contribution in [3.8, 4) is 0 Å². The van der Waals surface area contributed by atoms with Crippen LogP contribution in [0.3, 0.4) is 0 Å². The smallest absolute Gasteiger partial charge is 0.317 e. The second kappa shape index (κ2) is 8.30. The first kappa shape index (κ1) is 19.0. The SMILES string of the molecule is Cc1ccc(C(=O)NCc2cn(CC(F)(F)Sc3ccccc3)nn2)cc1. The molecule has 1 heterocycles. The number of amides is 1. The Labute approximate surface area is 159 Å². The quantitative estimate of drug-likeness (QED) is 0.624. The second-order valence-electron chi connectivity index (χ2n) is 6.01. The maximum absolute atomic E-state index is 14.2. The molecule has 0 aliphatic carbocycles. The van der Waals surface area contributed by atoms with Crippen LogP contribution >= 0.6 is 11.8 Å². The maximum atomic E-state index is 14.2. The third-order valence-corrected chi connectivity index (χ3v) is 4.62. The lowest BCUT2D eigenvalue weighted by atomic mass is 10.1. The van der Waals surface area contributed by atoms with E-state index in [0.717, 1.165) is 10.2 Å². The Bertz CT molecular complexity index is 898. The van der Waals surface area contributed by atoms with Crippen molar-refractivity contribution in [3.63, 3.8) is 0 Å². The number of halogens is 2. The van der Waals surface area contributed by atoms with Crippen LogP contribution in [0.25, 0.3) is 0 Å². The number of rotatable bonds is 7. The molecule has 3 rings (SSSR count). The lowest BCUT2D eigenvalue weighted by Gasteiger charge is -2.15. The van der Waals surface area contributed by atoms with Gasteiger partial charge >= 0.3 is 5.25 Å². The van der Waals surface area contributed by atoms with Crippen LogP contribution in [-0.4, -0.2) is 26.2 Å². The molecule has 0 fully saturated rings. The zero-order valence-electron chi connectivity index (χ0n) is 14.6. The van der Waals surface area contributed by atoms with Crippen molar-refractivity contribution in [1.82, 2.24) is 20.3 Å². The van der Waals surface area contributed by atoms with E-state index >= 15 is 0 Å². The van der Waals surface area contributed by atoms with Crippen molar-refractivity contribution >= 4 is 17.7 Å². The number of alkyl halides is 2. The van der Waals surface area contributed by atoms with Crippen LogP contribution in [0.2, 0.25) is 0 Å². The van der Waals surface area contributed by atoms with E-state index in [9.17, 15) is 13.6 Å². The number of benzene rings is 2. The normalized spacial score (nSPS) is 11.4. The van der Waals surface area contributed by atoms with Gasteiger partial charge in [-0.3, -0.25) is 4.79 Å². The summed E-state index contributed by atoms with van der Waals surface area (Å²) in [5.74, 6) is -0.255. The number of aryl methyl sites for hydroxylation is 1. The highest BCUT2D eigenvalue weighted by Gasteiger charge is 2.31. The van der Waals surface area contributed by atoms with Gasteiger partial charge in [0.1, 0.15) is 12.2 Å². The van der Waals surface area contributed by atoms with Gasteiger partial charge in [-0.25, -0.2) is 4.68 Å². The molecular weight excluding hydrogens is 370 g/mol. The highest BCUT2D eigenvalue weighted by atomic mass is 32.2. The van der Waals surface area contributed by atoms with E-state index in [1.807, 2.05) is 19.1 Å². The minimum Gasteiger partial charge on any atom is -0.346 e. The Hall–Kier alpha value is -2.74. The van der Waals surface area contributed by atoms with Crippen molar-refractivity contribution in [1.29, 1.82) is 0 Å². The van der Waals surface area contributed by atoms with E-state index < -0.39 is 11.8 Å². The molecule has 0 bridgehead atoms. The van der Waals surface area contributed by atoms with E-state index in [4.69, 9.17) is 0 Å². The Morgan fingerprint density at radius 2 is 1.85 bits per heavy atom. The topological polar surface area (TPSA) is 59.8 Å².